The van der Waals surface area contributed by atoms with Gasteiger partial charge in [-0.2, -0.15) is 5.10 Å². The van der Waals surface area contributed by atoms with E-state index >= 15 is 8.78 Å². The maximum Gasteiger partial charge on any atom is 0.270 e. The smallest absolute Gasteiger partial charge is 0.270 e. The highest BCUT2D eigenvalue weighted by Crippen LogP contribution is 2.42. The first-order valence-corrected chi connectivity index (χ1v) is 16.3. The molecule has 8 nitrogen and oxygen atoms in total. The summed E-state index contributed by atoms with van der Waals surface area (Å²) in [5, 5.41) is 9.68. The third-order valence-electron chi connectivity index (χ3n) is 8.99. The third kappa shape index (κ3) is 6.61. The van der Waals surface area contributed by atoms with Crippen LogP contribution in [0.1, 0.15) is 46.8 Å². The van der Waals surface area contributed by atoms with Crippen molar-refractivity contribution in [1.29, 1.82) is 0 Å². The summed E-state index contributed by atoms with van der Waals surface area (Å²) in [5.41, 5.74) is 2.30. The summed E-state index contributed by atoms with van der Waals surface area (Å²) in [6, 6.07) is 12.1. The topological polar surface area (TPSA) is 102 Å². The van der Waals surface area contributed by atoms with Gasteiger partial charge in [0.25, 0.3) is 11.8 Å². The highest BCUT2D eigenvalue weighted by Gasteiger charge is 2.52. The lowest BCUT2D eigenvalue weighted by atomic mass is 9.84. The van der Waals surface area contributed by atoms with Crippen molar-refractivity contribution in [3.63, 3.8) is 0 Å². The van der Waals surface area contributed by atoms with E-state index in [0.29, 0.717) is 43.9 Å². The van der Waals surface area contributed by atoms with Crippen molar-refractivity contribution in [2.45, 2.75) is 42.5 Å². The van der Waals surface area contributed by atoms with E-state index in [0.717, 1.165) is 5.56 Å². The van der Waals surface area contributed by atoms with Gasteiger partial charge in [0.2, 0.25) is 10.0 Å². The number of aromatic nitrogens is 2. The Morgan fingerprint density at radius 3 is 2.33 bits per heavy atom. The van der Waals surface area contributed by atoms with Crippen LogP contribution in [0.3, 0.4) is 0 Å². The summed E-state index contributed by atoms with van der Waals surface area (Å²) in [4.78, 5) is 17.3. The quantitative estimate of drug-likeness (QED) is 0.358. The van der Waals surface area contributed by atoms with Crippen LogP contribution in [0, 0.1) is 17.7 Å². The molecule has 2 atom stereocenters. The molecule has 13 heteroatoms. The number of rotatable bonds is 7. The number of benzene rings is 2. The lowest BCUT2D eigenvalue weighted by Gasteiger charge is -2.33. The fraction of sp³-hybridized carbons (Fsp3) is 0.375. The maximum absolute atomic E-state index is 15.2. The van der Waals surface area contributed by atoms with Crippen molar-refractivity contribution >= 4 is 15.9 Å². The van der Waals surface area contributed by atoms with Gasteiger partial charge in [-0.25, -0.2) is 35.8 Å². The Labute approximate surface area is 258 Å². The van der Waals surface area contributed by atoms with Crippen molar-refractivity contribution in [3.05, 3.63) is 101 Å². The minimum absolute atomic E-state index is 0.0410. The number of primary sulfonamides is 1. The molecule has 2 aliphatic heterocycles. The predicted octanol–water partition coefficient (Wildman–Crippen LogP) is 5.18. The monoisotopic (exact) mass is 643 g/mol. The molecule has 1 aliphatic carbocycles. The first-order valence-electron chi connectivity index (χ1n) is 14.8. The van der Waals surface area contributed by atoms with Crippen LogP contribution in [0.5, 0.6) is 0 Å². The van der Waals surface area contributed by atoms with Gasteiger partial charge in [-0.1, -0.05) is 18.2 Å². The van der Waals surface area contributed by atoms with Crippen LogP contribution in [0.2, 0.25) is 0 Å². The summed E-state index contributed by atoms with van der Waals surface area (Å²) in [6.07, 6.45) is 6.80. The number of sulfonamides is 1. The number of amides is 1. The number of nitrogens with two attached hydrogens (primary N) is 1. The molecule has 238 valence electrons. The minimum Gasteiger partial charge on any atom is -0.332 e. The second-order valence-electron chi connectivity index (χ2n) is 12.0. The Morgan fingerprint density at radius 1 is 1.02 bits per heavy atom. The van der Waals surface area contributed by atoms with Gasteiger partial charge in [0.1, 0.15) is 11.6 Å². The van der Waals surface area contributed by atoms with Gasteiger partial charge in [0.05, 0.1) is 34.6 Å². The number of hydrogen-bond acceptors (Lipinski definition) is 5. The largest absolute Gasteiger partial charge is 0.332 e. The number of halogens is 4. The molecule has 1 amide bonds. The molecule has 3 aromatic rings. The zero-order valence-electron chi connectivity index (χ0n) is 24.3. The van der Waals surface area contributed by atoms with Crippen molar-refractivity contribution in [1.82, 2.24) is 19.6 Å². The van der Waals surface area contributed by atoms with E-state index < -0.39 is 51.9 Å². The zero-order chi connectivity index (χ0) is 31.9. The van der Waals surface area contributed by atoms with Crippen LogP contribution < -0.4 is 5.14 Å². The molecule has 0 saturated carbocycles. The number of nitrogens with zero attached hydrogens (tertiary/aromatic N) is 4. The van der Waals surface area contributed by atoms with E-state index in [-0.39, 0.29) is 29.3 Å². The normalized spacial score (nSPS) is 22.5. The fourth-order valence-corrected chi connectivity index (χ4v) is 7.12. The maximum atomic E-state index is 15.2. The molecule has 2 fully saturated rings. The van der Waals surface area contributed by atoms with Crippen LogP contribution in [0.4, 0.5) is 17.6 Å². The van der Waals surface area contributed by atoms with E-state index in [4.69, 9.17) is 5.14 Å². The molecule has 3 aliphatic rings. The number of piperidine rings is 1. The standard InChI is InChI=1S/C32H33F4N5O3S/c33-24-5-3-22(4-6-24)29-19-40(20-32(29,35)36)31(42)28-17-38-41(26-9-7-25(34)8-10-26)30(28)23-13-15-39(16-14-23)18-21-1-11-27(12-2-21)45(37,43)44/h1-3,5-12,17,22-23,29H,4,13-16,18-20H2,(H2,37,43,44). The number of hydrogen-bond donors (Lipinski definition) is 1. The van der Waals surface area contributed by atoms with Crippen molar-refractivity contribution < 1.29 is 30.8 Å². The van der Waals surface area contributed by atoms with Gasteiger partial charge in [-0.05, 0) is 92.4 Å². The first-order chi connectivity index (χ1) is 21.4. The van der Waals surface area contributed by atoms with Crippen molar-refractivity contribution in [3.8, 4) is 5.69 Å². The first kappa shape index (κ1) is 31.2. The lowest BCUT2D eigenvalue weighted by molar-refractivity contribution is -0.0391. The average Bonchev–Trinajstić information content (AvgIpc) is 3.59. The summed E-state index contributed by atoms with van der Waals surface area (Å²) in [5.74, 6) is -6.42. The number of carbonyl (C=O) groups excluding carboxylic acids is 1. The van der Waals surface area contributed by atoms with Crippen LogP contribution in [0.25, 0.3) is 5.69 Å². The molecular weight excluding hydrogens is 610 g/mol. The second kappa shape index (κ2) is 12.2. The lowest BCUT2D eigenvalue weighted by Crippen LogP contribution is -2.35. The Bertz CT molecular complexity index is 1730. The van der Waals surface area contributed by atoms with Crippen LogP contribution in [0.15, 0.2) is 83.7 Å². The number of likely N-dealkylation sites (tertiary alicyclic amines) is 2. The SMILES string of the molecule is NS(=O)(=O)c1ccc(CN2CCC(c3c(C(=O)N4CC(C5C=CC(F)=CC5)C(F)(F)C4)cnn3-c3ccc(F)cc3)CC2)cc1. The summed E-state index contributed by atoms with van der Waals surface area (Å²) < 4.78 is 82.5. The summed E-state index contributed by atoms with van der Waals surface area (Å²) >= 11 is 0. The molecule has 6 rings (SSSR count). The molecule has 2 unspecified atom stereocenters. The highest BCUT2D eigenvalue weighted by molar-refractivity contribution is 7.89. The van der Waals surface area contributed by atoms with Gasteiger partial charge < -0.3 is 4.90 Å². The Balaban J connectivity index is 1.22. The average molecular weight is 644 g/mol. The van der Waals surface area contributed by atoms with E-state index in [1.807, 2.05) is 0 Å². The van der Waals surface area contributed by atoms with Gasteiger partial charge in [0, 0.05) is 24.9 Å². The van der Waals surface area contributed by atoms with Crippen LogP contribution in [-0.4, -0.2) is 66.0 Å². The van der Waals surface area contributed by atoms with Crippen LogP contribution >= 0.6 is 0 Å². The third-order valence-corrected chi connectivity index (χ3v) is 9.92. The van der Waals surface area contributed by atoms with Gasteiger partial charge in [0.15, 0.2) is 0 Å². The molecule has 0 radical (unpaired) electrons. The molecule has 0 spiro atoms. The Hall–Kier alpha value is -3.81. The van der Waals surface area contributed by atoms with Crippen LogP contribution in [-0.2, 0) is 16.6 Å². The molecule has 1 aromatic heterocycles. The molecule has 2 saturated heterocycles. The number of carbonyl (C=O) groups is 1. The number of alkyl halides is 2. The highest BCUT2D eigenvalue weighted by atomic mass is 32.2. The second-order valence-corrected chi connectivity index (χ2v) is 13.5. The summed E-state index contributed by atoms with van der Waals surface area (Å²) in [7, 11) is -3.78. The Morgan fingerprint density at radius 2 is 1.71 bits per heavy atom. The van der Waals surface area contributed by atoms with Gasteiger partial charge >= 0.3 is 0 Å². The van der Waals surface area contributed by atoms with E-state index in [9.17, 15) is 22.0 Å². The molecule has 3 heterocycles. The zero-order valence-corrected chi connectivity index (χ0v) is 25.1. The molecule has 2 N–H and O–H groups in total. The van der Waals surface area contributed by atoms with Crippen molar-refractivity contribution in [2.24, 2.45) is 17.0 Å². The van der Waals surface area contributed by atoms with Gasteiger partial charge in [-0.3, -0.25) is 9.69 Å². The van der Waals surface area contributed by atoms with Crippen molar-refractivity contribution in [2.75, 3.05) is 26.2 Å². The van der Waals surface area contributed by atoms with Gasteiger partial charge in [-0.15, -0.1) is 0 Å². The predicted molar refractivity (Wildman–Crippen MR) is 159 cm³/mol. The minimum atomic E-state index is -3.78. The Kier molecular flexibility index (Phi) is 8.44. The molecular formula is C32H33F4N5O3S. The van der Waals surface area contributed by atoms with E-state index in [2.05, 4.69) is 10.00 Å². The molecule has 45 heavy (non-hydrogen) atoms. The molecule has 2 aromatic carbocycles. The summed E-state index contributed by atoms with van der Waals surface area (Å²) in [6.45, 7) is 0.994. The molecule has 0 bridgehead atoms. The fourth-order valence-electron chi connectivity index (χ4n) is 6.60. The van der Waals surface area contributed by atoms with E-state index in [1.54, 1.807) is 28.9 Å². The number of allylic oxidation sites excluding steroid dienone is 4. The van der Waals surface area contributed by atoms with E-state index in [1.165, 1.54) is 53.6 Å².